The Morgan fingerprint density at radius 2 is 2.10 bits per heavy atom. The van der Waals surface area contributed by atoms with Gasteiger partial charge in [0, 0.05) is 11.3 Å². The lowest BCUT2D eigenvalue weighted by Crippen LogP contribution is -2.52. The normalized spacial score (nSPS) is 18.0. The molecule has 1 unspecified atom stereocenters. The summed E-state index contributed by atoms with van der Waals surface area (Å²) in [6.45, 7) is 0. The number of rotatable bonds is 5. The van der Waals surface area contributed by atoms with E-state index in [2.05, 4.69) is 10.6 Å². The van der Waals surface area contributed by atoms with Crippen LogP contribution in [0.4, 0.5) is 0 Å². The number of imide groups is 1. The predicted octanol–water partition coefficient (Wildman–Crippen LogP) is 0.709. The van der Waals surface area contributed by atoms with Crippen molar-refractivity contribution in [3.8, 4) is 5.75 Å². The molecule has 0 radical (unpaired) electrons. The van der Waals surface area contributed by atoms with Crippen LogP contribution in [0.1, 0.15) is 12.8 Å². The number of nitrogens with one attached hydrogen (secondary N) is 2. The Labute approximate surface area is 126 Å². The van der Waals surface area contributed by atoms with E-state index < -0.39 is 11.9 Å². The van der Waals surface area contributed by atoms with Crippen LogP contribution in [-0.2, 0) is 14.4 Å². The average Bonchev–Trinajstić information content (AvgIpc) is 2.48. The van der Waals surface area contributed by atoms with E-state index in [0.29, 0.717) is 6.42 Å². The number of benzene rings is 1. The van der Waals surface area contributed by atoms with Crippen LogP contribution in [0.25, 0.3) is 0 Å². The quantitative estimate of drug-likeness (QED) is 0.618. The molecule has 1 fully saturated rings. The van der Waals surface area contributed by atoms with Crippen molar-refractivity contribution in [2.45, 2.75) is 23.8 Å². The molecule has 1 aromatic carbocycles. The zero-order valence-electron chi connectivity index (χ0n) is 11.5. The zero-order chi connectivity index (χ0) is 15.2. The van der Waals surface area contributed by atoms with Gasteiger partial charge in [-0.05, 0) is 30.7 Å². The topological polar surface area (TPSA) is 84.5 Å². The molecule has 1 aliphatic heterocycles. The summed E-state index contributed by atoms with van der Waals surface area (Å²) >= 11 is 1.37. The number of thioether (sulfide) groups is 1. The van der Waals surface area contributed by atoms with Crippen LogP contribution < -0.4 is 15.4 Å². The summed E-state index contributed by atoms with van der Waals surface area (Å²) in [5, 5.41) is 4.84. The molecular weight excluding hydrogens is 292 g/mol. The van der Waals surface area contributed by atoms with E-state index in [1.165, 1.54) is 11.8 Å². The third-order valence-corrected chi connectivity index (χ3v) is 4.02. The molecular formula is C14H16N2O4S. The van der Waals surface area contributed by atoms with Crippen LogP contribution in [0.3, 0.4) is 0 Å². The van der Waals surface area contributed by atoms with E-state index in [0.717, 1.165) is 10.6 Å². The summed E-state index contributed by atoms with van der Waals surface area (Å²) in [5.74, 6) is 0.00848. The molecule has 21 heavy (non-hydrogen) atoms. The highest BCUT2D eigenvalue weighted by atomic mass is 32.2. The fourth-order valence-electron chi connectivity index (χ4n) is 1.89. The maximum atomic E-state index is 11.8. The van der Waals surface area contributed by atoms with Crippen molar-refractivity contribution >= 4 is 29.5 Å². The van der Waals surface area contributed by atoms with E-state index in [4.69, 9.17) is 4.74 Å². The lowest BCUT2D eigenvalue weighted by Gasteiger charge is -2.21. The van der Waals surface area contributed by atoms with Crippen molar-refractivity contribution < 1.29 is 19.1 Å². The zero-order valence-corrected chi connectivity index (χ0v) is 12.4. The summed E-state index contributed by atoms with van der Waals surface area (Å²) in [4.78, 5) is 35.3. The minimum atomic E-state index is -0.619. The fraction of sp³-hybridized carbons (Fsp3) is 0.357. The van der Waals surface area contributed by atoms with Gasteiger partial charge in [0.25, 0.3) is 0 Å². The molecule has 1 aromatic rings. The monoisotopic (exact) mass is 308 g/mol. The number of ether oxygens (including phenoxy) is 1. The highest BCUT2D eigenvalue weighted by molar-refractivity contribution is 8.00. The largest absolute Gasteiger partial charge is 0.497 e. The van der Waals surface area contributed by atoms with Gasteiger partial charge in [0.15, 0.2) is 0 Å². The maximum absolute atomic E-state index is 11.8. The Bertz CT molecular complexity index is 544. The number of piperidine rings is 1. The SMILES string of the molecule is COc1ccc(SCC(=O)NC2CCC(=O)NC2=O)cc1. The Morgan fingerprint density at radius 3 is 2.71 bits per heavy atom. The summed E-state index contributed by atoms with van der Waals surface area (Å²) in [6, 6.07) is 6.75. The summed E-state index contributed by atoms with van der Waals surface area (Å²) < 4.78 is 5.06. The van der Waals surface area contributed by atoms with Gasteiger partial charge < -0.3 is 10.1 Å². The molecule has 0 bridgehead atoms. The first-order chi connectivity index (χ1) is 10.1. The van der Waals surface area contributed by atoms with Gasteiger partial charge in [-0.15, -0.1) is 11.8 Å². The molecule has 0 aliphatic carbocycles. The van der Waals surface area contributed by atoms with Gasteiger partial charge in [-0.25, -0.2) is 0 Å². The third-order valence-electron chi connectivity index (χ3n) is 3.00. The molecule has 112 valence electrons. The van der Waals surface area contributed by atoms with Crippen molar-refractivity contribution in [2.75, 3.05) is 12.9 Å². The van der Waals surface area contributed by atoms with Crippen molar-refractivity contribution in [1.82, 2.24) is 10.6 Å². The first kappa shape index (κ1) is 15.4. The van der Waals surface area contributed by atoms with Crippen LogP contribution in [0.2, 0.25) is 0 Å². The summed E-state index contributed by atoms with van der Waals surface area (Å²) in [7, 11) is 1.59. The molecule has 1 heterocycles. The number of carbonyl (C=O) groups excluding carboxylic acids is 3. The summed E-state index contributed by atoms with van der Waals surface area (Å²) in [5.41, 5.74) is 0. The molecule has 0 saturated carbocycles. The molecule has 2 rings (SSSR count). The van der Waals surface area contributed by atoms with E-state index in [1.54, 1.807) is 7.11 Å². The highest BCUT2D eigenvalue weighted by Gasteiger charge is 2.27. The van der Waals surface area contributed by atoms with Gasteiger partial charge in [-0.3, -0.25) is 19.7 Å². The molecule has 0 aromatic heterocycles. The van der Waals surface area contributed by atoms with Gasteiger partial charge in [0.05, 0.1) is 12.9 Å². The van der Waals surface area contributed by atoms with Gasteiger partial charge in [-0.1, -0.05) is 0 Å². The van der Waals surface area contributed by atoms with Crippen molar-refractivity contribution in [1.29, 1.82) is 0 Å². The molecule has 1 aliphatic rings. The lowest BCUT2D eigenvalue weighted by atomic mass is 10.1. The van der Waals surface area contributed by atoms with E-state index in [1.807, 2.05) is 24.3 Å². The lowest BCUT2D eigenvalue weighted by molar-refractivity contribution is -0.136. The van der Waals surface area contributed by atoms with Crippen LogP contribution in [-0.4, -0.2) is 36.6 Å². The fourth-order valence-corrected chi connectivity index (χ4v) is 2.60. The predicted molar refractivity (Wildman–Crippen MR) is 78.0 cm³/mol. The Hall–Kier alpha value is -2.02. The van der Waals surface area contributed by atoms with E-state index in [9.17, 15) is 14.4 Å². The number of methoxy groups -OCH3 is 1. The van der Waals surface area contributed by atoms with Gasteiger partial charge in [0.1, 0.15) is 11.8 Å². The second kappa shape index (κ2) is 7.12. The molecule has 1 atom stereocenters. The van der Waals surface area contributed by atoms with Crippen molar-refractivity contribution in [3.63, 3.8) is 0 Å². The van der Waals surface area contributed by atoms with Gasteiger partial charge >= 0.3 is 0 Å². The van der Waals surface area contributed by atoms with Gasteiger partial charge in [-0.2, -0.15) is 0 Å². The first-order valence-corrected chi connectivity index (χ1v) is 7.47. The van der Waals surface area contributed by atoms with Crippen molar-refractivity contribution in [3.05, 3.63) is 24.3 Å². The second-order valence-corrected chi connectivity index (χ2v) is 5.58. The standard InChI is InChI=1S/C14H16N2O4S/c1-20-9-2-4-10(5-3-9)21-8-13(18)15-11-6-7-12(17)16-14(11)19/h2-5,11H,6-8H2,1H3,(H,15,18)(H,16,17,19). The number of hydrogen-bond donors (Lipinski definition) is 2. The van der Waals surface area contributed by atoms with Gasteiger partial charge in [0.2, 0.25) is 17.7 Å². The third kappa shape index (κ3) is 4.49. The number of hydrogen-bond acceptors (Lipinski definition) is 5. The number of amides is 3. The minimum absolute atomic E-state index is 0.212. The smallest absolute Gasteiger partial charge is 0.249 e. The van der Waals surface area contributed by atoms with Crippen LogP contribution in [0.15, 0.2) is 29.2 Å². The molecule has 1 saturated heterocycles. The molecule has 3 amide bonds. The van der Waals surface area contributed by atoms with E-state index >= 15 is 0 Å². The first-order valence-electron chi connectivity index (χ1n) is 6.48. The Morgan fingerprint density at radius 1 is 1.38 bits per heavy atom. The average molecular weight is 308 g/mol. The Balaban J connectivity index is 1.79. The molecule has 7 heteroatoms. The Kier molecular flexibility index (Phi) is 5.21. The van der Waals surface area contributed by atoms with Crippen LogP contribution in [0.5, 0.6) is 5.75 Å². The second-order valence-electron chi connectivity index (χ2n) is 4.54. The van der Waals surface area contributed by atoms with Crippen LogP contribution >= 0.6 is 11.8 Å². The molecule has 6 nitrogen and oxygen atoms in total. The van der Waals surface area contributed by atoms with E-state index in [-0.39, 0.29) is 24.0 Å². The van der Waals surface area contributed by atoms with Crippen molar-refractivity contribution in [2.24, 2.45) is 0 Å². The maximum Gasteiger partial charge on any atom is 0.249 e. The molecule has 0 spiro atoms. The highest BCUT2D eigenvalue weighted by Crippen LogP contribution is 2.21. The number of carbonyl (C=O) groups is 3. The molecule has 2 N–H and O–H groups in total. The van der Waals surface area contributed by atoms with Crippen LogP contribution in [0, 0.1) is 0 Å². The summed E-state index contributed by atoms with van der Waals surface area (Å²) in [6.07, 6.45) is 0.603. The minimum Gasteiger partial charge on any atom is -0.497 e.